The number of hydrogen-bond donors (Lipinski definition) is 0. The van der Waals surface area contributed by atoms with Gasteiger partial charge >= 0.3 is 0 Å². The van der Waals surface area contributed by atoms with Crippen LogP contribution in [-0.4, -0.2) is 0 Å². The minimum atomic E-state index is 0.130. The van der Waals surface area contributed by atoms with Crippen LogP contribution in [0.25, 0.3) is 43.6 Å². The van der Waals surface area contributed by atoms with Gasteiger partial charge in [-0.2, -0.15) is 0 Å². The second kappa shape index (κ2) is 9.05. The summed E-state index contributed by atoms with van der Waals surface area (Å²) in [7, 11) is 2.19. The average Bonchev–Trinajstić information content (AvgIpc) is 2.91. The Morgan fingerprint density at radius 3 is 2.34 bits per heavy atom. The summed E-state index contributed by atoms with van der Waals surface area (Å²) >= 11 is 0. The number of benzene rings is 4. The largest absolute Gasteiger partial charge is 0.455 e. The average molecular weight is 543 g/mol. The van der Waals surface area contributed by atoms with Gasteiger partial charge in [-0.1, -0.05) is 76.6 Å². The maximum absolute atomic E-state index is 7.11. The quantitative estimate of drug-likeness (QED) is 0.157. The second-order valence-corrected chi connectivity index (χ2v) is 15.1. The molecule has 0 amide bonds. The van der Waals surface area contributed by atoms with Crippen molar-refractivity contribution in [2.24, 2.45) is 17.9 Å². The van der Waals surface area contributed by atoms with E-state index in [9.17, 15) is 0 Å². The fourth-order valence-electron chi connectivity index (χ4n) is 7.67. The van der Waals surface area contributed by atoms with Crippen LogP contribution >= 0.6 is 0 Å². The summed E-state index contributed by atoms with van der Waals surface area (Å²) in [6.45, 7) is 16.3. The van der Waals surface area contributed by atoms with Gasteiger partial charge in [0.05, 0.1) is 10.9 Å². The third-order valence-corrected chi connectivity index (χ3v) is 9.97. The maximum Gasteiger partial charge on any atom is 0.228 e. The van der Waals surface area contributed by atoms with Crippen LogP contribution in [0.15, 0.2) is 54.7 Å². The Balaban J connectivity index is 1.49. The van der Waals surface area contributed by atoms with Crippen LogP contribution in [-0.2, 0) is 13.5 Å². The van der Waals surface area contributed by atoms with Crippen LogP contribution in [0.3, 0.4) is 0 Å². The summed E-state index contributed by atoms with van der Waals surface area (Å²) in [6.07, 6.45) is 8.38. The molecule has 4 aromatic carbocycles. The van der Waals surface area contributed by atoms with Gasteiger partial charge in [0.25, 0.3) is 0 Å². The normalized spacial score (nSPS) is 16.8. The first-order valence-electron chi connectivity index (χ1n) is 15.5. The van der Waals surface area contributed by atoms with Gasteiger partial charge in [0.1, 0.15) is 18.5 Å². The van der Waals surface area contributed by atoms with Gasteiger partial charge in [-0.3, -0.25) is 0 Å². The first kappa shape index (κ1) is 26.5. The van der Waals surface area contributed by atoms with Crippen molar-refractivity contribution in [3.05, 3.63) is 77.0 Å². The lowest BCUT2D eigenvalue weighted by molar-refractivity contribution is -0.659. The van der Waals surface area contributed by atoms with E-state index in [4.69, 9.17) is 4.74 Å². The molecule has 1 saturated carbocycles. The van der Waals surface area contributed by atoms with Crippen LogP contribution in [0, 0.1) is 24.7 Å². The molecule has 210 valence electrons. The molecule has 41 heavy (non-hydrogen) atoms. The number of aryl methyl sites for hydroxylation is 3. The van der Waals surface area contributed by atoms with Gasteiger partial charge in [0, 0.05) is 17.0 Å². The third-order valence-electron chi connectivity index (χ3n) is 9.97. The van der Waals surface area contributed by atoms with E-state index in [1.54, 1.807) is 0 Å². The summed E-state index contributed by atoms with van der Waals surface area (Å²) in [5.74, 6) is 2.70. The number of hydrogen-bond acceptors (Lipinski definition) is 1. The molecule has 1 aliphatic heterocycles. The predicted octanol–water partition coefficient (Wildman–Crippen LogP) is 10.6. The van der Waals surface area contributed by atoms with E-state index in [2.05, 4.69) is 115 Å². The highest BCUT2D eigenvalue weighted by molar-refractivity contribution is 6.16. The molecule has 2 aliphatic rings. The molecule has 7 rings (SSSR count). The summed E-state index contributed by atoms with van der Waals surface area (Å²) < 4.78 is 9.42. The Bertz CT molecular complexity index is 1870. The predicted molar refractivity (Wildman–Crippen MR) is 173 cm³/mol. The molecule has 0 bridgehead atoms. The highest BCUT2D eigenvalue weighted by atomic mass is 16.5. The maximum atomic E-state index is 7.11. The van der Waals surface area contributed by atoms with Crippen LogP contribution in [0.5, 0.6) is 11.5 Å². The zero-order valence-corrected chi connectivity index (χ0v) is 26.2. The zero-order chi connectivity index (χ0) is 28.8. The molecule has 2 nitrogen and oxygen atoms in total. The topological polar surface area (TPSA) is 13.1 Å². The minimum absolute atomic E-state index is 0.130. The number of nitrogens with zero attached hydrogens (tertiary/aromatic N) is 1. The van der Waals surface area contributed by atoms with E-state index >= 15 is 0 Å². The highest BCUT2D eigenvalue weighted by Crippen LogP contribution is 2.53. The van der Waals surface area contributed by atoms with E-state index in [1.165, 1.54) is 91.5 Å². The standard InChI is InChI=1S/C39H44NO/c1-23-9-11-29-31(19-23)24(2)34-36-35-30(15-18-40(36)8)28-12-10-26(25-13-16-39(6,7)17-14-25)20-27(28)21-33(35)41-37(34)32(29)22-38(3,4)5/h9-12,15,18-21,25H,13-14,16-17,22H2,1-8H3/q+1. The number of ether oxygens (including phenoxy) is 1. The molecule has 2 heteroatoms. The van der Waals surface area contributed by atoms with E-state index in [1.807, 2.05) is 0 Å². The van der Waals surface area contributed by atoms with Gasteiger partial charge in [0.15, 0.2) is 6.20 Å². The molecule has 1 fully saturated rings. The molecular formula is C39H44NO+. The van der Waals surface area contributed by atoms with Crippen molar-refractivity contribution in [1.82, 2.24) is 0 Å². The fraction of sp³-hybridized carbons (Fsp3) is 0.410. The highest BCUT2D eigenvalue weighted by Gasteiger charge is 2.35. The number of aromatic nitrogens is 1. The van der Waals surface area contributed by atoms with Crippen LogP contribution in [0.2, 0.25) is 0 Å². The van der Waals surface area contributed by atoms with Crippen LogP contribution in [0.1, 0.15) is 88.5 Å². The van der Waals surface area contributed by atoms with Gasteiger partial charge in [-0.05, 0) is 101 Å². The van der Waals surface area contributed by atoms with E-state index < -0.39 is 0 Å². The monoisotopic (exact) mass is 542 g/mol. The molecule has 5 aromatic rings. The molecular weight excluding hydrogens is 498 g/mol. The lowest BCUT2D eigenvalue weighted by Gasteiger charge is -2.34. The second-order valence-electron chi connectivity index (χ2n) is 15.1. The Hall–Kier alpha value is -3.39. The van der Waals surface area contributed by atoms with Gasteiger partial charge in [0.2, 0.25) is 5.69 Å². The summed E-state index contributed by atoms with van der Waals surface area (Å²) in [5, 5.41) is 7.80. The number of pyridine rings is 1. The molecule has 0 spiro atoms. The van der Waals surface area contributed by atoms with E-state index in [0.717, 1.165) is 17.9 Å². The van der Waals surface area contributed by atoms with Crippen molar-refractivity contribution in [3.63, 3.8) is 0 Å². The fourth-order valence-corrected chi connectivity index (χ4v) is 7.67. The zero-order valence-electron chi connectivity index (χ0n) is 26.2. The Kier molecular flexibility index (Phi) is 5.85. The summed E-state index contributed by atoms with van der Waals surface area (Å²) in [6, 6.07) is 18.8. The van der Waals surface area contributed by atoms with Crippen molar-refractivity contribution < 1.29 is 9.30 Å². The third kappa shape index (κ3) is 4.33. The van der Waals surface area contributed by atoms with E-state index in [-0.39, 0.29) is 5.41 Å². The Morgan fingerprint density at radius 2 is 1.61 bits per heavy atom. The molecule has 0 radical (unpaired) electrons. The molecule has 1 aliphatic carbocycles. The minimum Gasteiger partial charge on any atom is -0.455 e. The van der Waals surface area contributed by atoms with Crippen molar-refractivity contribution in [2.45, 2.75) is 86.5 Å². The number of rotatable bonds is 2. The molecule has 0 atom stereocenters. The summed E-state index contributed by atoms with van der Waals surface area (Å²) in [4.78, 5) is 0. The van der Waals surface area contributed by atoms with E-state index in [0.29, 0.717) is 11.3 Å². The van der Waals surface area contributed by atoms with Crippen molar-refractivity contribution in [1.29, 1.82) is 0 Å². The van der Waals surface area contributed by atoms with Crippen molar-refractivity contribution >= 4 is 32.3 Å². The molecule has 2 heterocycles. The molecule has 0 N–H and O–H groups in total. The Morgan fingerprint density at radius 1 is 0.878 bits per heavy atom. The van der Waals surface area contributed by atoms with Gasteiger partial charge in [-0.25, -0.2) is 4.57 Å². The number of fused-ring (bicyclic) bond motifs is 5. The van der Waals surface area contributed by atoms with Crippen molar-refractivity contribution in [2.75, 3.05) is 0 Å². The first-order valence-corrected chi connectivity index (χ1v) is 15.5. The van der Waals surface area contributed by atoms with Gasteiger partial charge < -0.3 is 4.74 Å². The smallest absolute Gasteiger partial charge is 0.228 e. The lowest BCUT2D eigenvalue weighted by Crippen LogP contribution is -2.32. The van der Waals surface area contributed by atoms with Crippen molar-refractivity contribution in [3.8, 4) is 22.8 Å². The van der Waals surface area contributed by atoms with Crippen LogP contribution in [0.4, 0.5) is 0 Å². The molecule has 0 unspecified atom stereocenters. The molecule has 0 saturated heterocycles. The SMILES string of the molecule is Cc1ccc2c(CC(C)(C)C)c3c(c(C)c2c1)-c1c2c(cc4cc(C5CCC(C)(C)CC5)ccc4c2cc[n+]1C)O3. The van der Waals surface area contributed by atoms with Crippen LogP contribution < -0.4 is 9.30 Å². The molecule has 1 aromatic heterocycles. The first-order chi connectivity index (χ1) is 19.4. The lowest BCUT2D eigenvalue weighted by atomic mass is 9.71. The van der Waals surface area contributed by atoms with Gasteiger partial charge in [-0.15, -0.1) is 0 Å². The Labute approximate surface area is 245 Å². The summed E-state index contributed by atoms with van der Waals surface area (Å²) in [5.41, 5.74) is 8.56.